The van der Waals surface area contributed by atoms with E-state index in [-0.39, 0.29) is 17.5 Å². The number of hydrogen-bond donors (Lipinski definition) is 1. The second-order valence-electron chi connectivity index (χ2n) is 3.77. The lowest BCUT2D eigenvalue weighted by atomic mass is 10.1. The zero-order valence-electron chi connectivity index (χ0n) is 10.4. The first-order chi connectivity index (χ1) is 8.13. The Morgan fingerprint density at radius 2 is 2.06 bits per heavy atom. The molecule has 0 unspecified atom stereocenters. The molecule has 0 fully saturated rings. The summed E-state index contributed by atoms with van der Waals surface area (Å²) in [6.07, 6.45) is 1.84. The second kappa shape index (κ2) is 6.08. The van der Waals surface area contributed by atoms with Gasteiger partial charge in [0.05, 0.1) is 12.0 Å². The Balaban J connectivity index is 3.09. The van der Waals surface area contributed by atoms with Gasteiger partial charge < -0.3 is 10.1 Å². The fourth-order valence-electron chi connectivity index (χ4n) is 1.70. The fourth-order valence-corrected chi connectivity index (χ4v) is 1.70. The highest BCUT2D eigenvalue weighted by molar-refractivity contribution is 5.68. The van der Waals surface area contributed by atoms with Gasteiger partial charge in [0.2, 0.25) is 0 Å². The number of nitro benzene ring substituents is 1. The molecule has 0 atom stereocenters. The third-order valence-corrected chi connectivity index (χ3v) is 2.75. The Morgan fingerprint density at radius 3 is 2.53 bits per heavy atom. The van der Waals surface area contributed by atoms with Crippen molar-refractivity contribution in [2.45, 2.75) is 32.7 Å². The van der Waals surface area contributed by atoms with Crippen molar-refractivity contribution in [3.05, 3.63) is 28.3 Å². The zero-order valence-corrected chi connectivity index (χ0v) is 10.4. The summed E-state index contributed by atoms with van der Waals surface area (Å²) in [6, 6.07) is 5.28. The molecule has 0 amide bonds. The number of nitrogens with one attached hydrogen (secondary N) is 1. The van der Waals surface area contributed by atoms with Crippen LogP contribution in [0, 0.1) is 10.1 Å². The Bertz CT molecular complexity index is 389. The average Bonchev–Trinajstić information content (AvgIpc) is 2.34. The van der Waals surface area contributed by atoms with Crippen molar-refractivity contribution in [1.29, 1.82) is 0 Å². The van der Waals surface area contributed by atoms with E-state index in [1.165, 1.54) is 7.11 Å². The van der Waals surface area contributed by atoms with Crippen molar-refractivity contribution in [2.24, 2.45) is 0 Å². The monoisotopic (exact) mass is 238 g/mol. The molecule has 17 heavy (non-hydrogen) atoms. The van der Waals surface area contributed by atoms with E-state index in [4.69, 9.17) is 4.74 Å². The van der Waals surface area contributed by atoms with Crippen molar-refractivity contribution in [2.75, 3.05) is 12.4 Å². The third kappa shape index (κ3) is 3.09. The van der Waals surface area contributed by atoms with Gasteiger partial charge in [-0.15, -0.1) is 0 Å². The Morgan fingerprint density at radius 1 is 1.41 bits per heavy atom. The molecule has 1 aromatic rings. The summed E-state index contributed by atoms with van der Waals surface area (Å²) in [6.45, 7) is 4.10. The van der Waals surface area contributed by atoms with Crippen LogP contribution in [0.15, 0.2) is 18.2 Å². The van der Waals surface area contributed by atoms with Gasteiger partial charge in [0.15, 0.2) is 5.75 Å². The van der Waals surface area contributed by atoms with Crippen molar-refractivity contribution in [3.8, 4) is 5.75 Å². The maximum Gasteiger partial charge on any atom is 0.333 e. The standard InChI is InChI=1S/C12H18N2O3/c1-4-9(5-2)13-10-7-6-8-11(17-3)12(10)14(15)16/h6-9,13H,4-5H2,1-3H3. The van der Waals surface area contributed by atoms with E-state index < -0.39 is 4.92 Å². The SMILES string of the molecule is CCC(CC)Nc1cccc(OC)c1[N+](=O)[O-]. The molecule has 1 rings (SSSR count). The molecule has 0 spiro atoms. The molecule has 0 aromatic heterocycles. The third-order valence-electron chi connectivity index (χ3n) is 2.75. The largest absolute Gasteiger partial charge is 0.490 e. The van der Waals surface area contributed by atoms with E-state index >= 15 is 0 Å². The molecule has 0 saturated carbocycles. The molecule has 1 aromatic carbocycles. The predicted octanol–water partition coefficient (Wildman–Crippen LogP) is 3.20. The fraction of sp³-hybridized carbons (Fsp3) is 0.500. The van der Waals surface area contributed by atoms with Crippen LogP contribution in [0.2, 0.25) is 0 Å². The zero-order chi connectivity index (χ0) is 12.8. The van der Waals surface area contributed by atoms with Crippen LogP contribution in [0.5, 0.6) is 5.75 Å². The molecular formula is C12H18N2O3. The van der Waals surface area contributed by atoms with Gasteiger partial charge in [0.1, 0.15) is 5.69 Å². The van der Waals surface area contributed by atoms with Crippen LogP contribution >= 0.6 is 0 Å². The van der Waals surface area contributed by atoms with Gasteiger partial charge in [-0.3, -0.25) is 10.1 Å². The molecular weight excluding hydrogens is 220 g/mol. The number of methoxy groups -OCH3 is 1. The maximum atomic E-state index is 11.0. The van der Waals surface area contributed by atoms with Gasteiger partial charge >= 0.3 is 5.69 Å². The number of rotatable bonds is 6. The van der Waals surface area contributed by atoms with Crippen molar-refractivity contribution in [3.63, 3.8) is 0 Å². The van der Waals surface area contributed by atoms with Crippen molar-refractivity contribution >= 4 is 11.4 Å². The molecule has 1 N–H and O–H groups in total. The van der Waals surface area contributed by atoms with Crippen molar-refractivity contribution < 1.29 is 9.66 Å². The first-order valence-corrected chi connectivity index (χ1v) is 5.71. The second-order valence-corrected chi connectivity index (χ2v) is 3.77. The van der Waals surface area contributed by atoms with Gasteiger partial charge in [-0.1, -0.05) is 19.9 Å². The first kappa shape index (κ1) is 13.3. The normalized spacial score (nSPS) is 10.4. The van der Waals surface area contributed by atoms with Gasteiger partial charge in [-0.2, -0.15) is 0 Å². The number of anilines is 1. The first-order valence-electron chi connectivity index (χ1n) is 5.71. The summed E-state index contributed by atoms with van der Waals surface area (Å²) in [7, 11) is 1.43. The Labute approximate surface area is 101 Å². The highest BCUT2D eigenvalue weighted by Crippen LogP contribution is 2.35. The number of ether oxygens (including phenoxy) is 1. The number of para-hydroxylation sites is 1. The molecule has 0 radical (unpaired) electrons. The van der Waals surface area contributed by atoms with Crippen LogP contribution in [-0.4, -0.2) is 18.1 Å². The molecule has 0 saturated heterocycles. The molecule has 0 heterocycles. The summed E-state index contributed by atoms with van der Waals surface area (Å²) < 4.78 is 5.01. The van der Waals surface area contributed by atoms with Crippen LogP contribution in [0.4, 0.5) is 11.4 Å². The van der Waals surface area contributed by atoms with Crippen LogP contribution in [0.25, 0.3) is 0 Å². The highest BCUT2D eigenvalue weighted by atomic mass is 16.6. The van der Waals surface area contributed by atoms with Crippen LogP contribution in [0.3, 0.4) is 0 Å². The van der Waals surface area contributed by atoms with E-state index in [2.05, 4.69) is 5.32 Å². The van der Waals surface area contributed by atoms with E-state index in [0.29, 0.717) is 5.69 Å². The molecule has 0 aliphatic rings. The molecule has 0 aliphatic carbocycles. The lowest BCUT2D eigenvalue weighted by molar-refractivity contribution is -0.384. The molecule has 5 heteroatoms. The van der Waals surface area contributed by atoms with Crippen LogP contribution in [-0.2, 0) is 0 Å². The van der Waals surface area contributed by atoms with Gasteiger partial charge in [0, 0.05) is 6.04 Å². The minimum absolute atomic E-state index is 0.00176. The maximum absolute atomic E-state index is 11.0. The minimum atomic E-state index is -0.413. The summed E-state index contributed by atoms with van der Waals surface area (Å²) in [5.41, 5.74) is 0.518. The summed E-state index contributed by atoms with van der Waals surface area (Å²) >= 11 is 0. The minimum Gasteiger partial charge on any atom is -0.490 e. The lowest BCUT2D eigenvalue weighted by Gasteiger charge is -2.16. The Kier molecular flexibility index (Phi) is 4.75. The predicted molar refractivity (Wildman–Crippen MR) is 67.6 cm³/mol. The smallest absolute Gasteiger partial charge is 0.333 e. The summed E-state index contributed by atoms with van der Waals surface area (Å²) in [5, 5.41) is 14.2. The van der Waals surface area contributed by atoms with Crippen molar-refractivity contribution in [1.82, 2.24) is 0 Å². The van der Waals surface area contributed by atoms with Crippen LogP contribution in [0.1, 0.15) is 26.7 Å². The van der Waals surface area contributed by atoms with Gasteiger partial charge in [0.25, 0.3) is 0 Å². The molecule has 94 valence electrons. The summed E-state index contributed by atoms with van der Waals surface area (Å²) in [4.78, 5) is 10.6. The molecule has 5 nitrogen and oxygen atoms in total. The van der Waals surface area contributed by atoms with Gasteiger partial charge in [-0.25, -0.2) is 0 Å². The Hall–Kier alpha value is -1.78. The number of nitrogens with zero attached hydrogens (tertiary/aromatic N) is 1. The average molecular weight is 238 g/mol. The number of benzene rings is 1. The van der Waals surface area contributed by atoms with Crippen LogP contribution < -0.4 is 10.1 Å². The number of nitro groups is 1. The molecule has 0 aliphatic heterocycles. The van der Waals surface area contributed by atoms with E-state index in [9.17, 15) is 10.1 Å². The number of hydrogen-bond acceptors (Lipinski definition) is 4. The van der Waals surface area contributed by atoms with E-state index in [1.54, 1.807) is 18.2 Å². The quantitative estimate of drug-likeness (QED) is 0.610. The lowest BCUT2D eigenvalue weighted by Crippen LogP contribution is -2.17. The topological polar surface area (TPSA) is 64.4 Å². The van der Waals surface area contributed by atoms with E-state index in [1.807, 2.05) is 13.8 Å². The highest BCUT2D eigenvalue weighted by Gasteiger charge is 2.21. The summed E-state index contributed by atoms with van der Waals surface area (Å²) in [5.74, 6) is 0.283. The van der Waals surface area contributed by atoms with Gasteiger partial charge in [-0.05, 0) is 25.0 Å². The molecule has 0 bridgehead atoms. The van der Waals surface area contributed by atoms with E-state index in [0.717, 1.165) is 12.8 Å².